The van der Waals surface area contributed by atoms with Gasteiger partial charge in [-0.15, -0.1) is 0 Å². The van der Waals surface area contributed by atoms with Gasteiger partial charge < -0.3 is 19.9 Å². The molecule has 9 nitrogen and oxygen atoms in total. The Hall–Kier alpha value is -2.95. The number of sulfonamides is 1. The summed E-state index contributed by atoms with van der Waals surface area (Å²) in [5.74, 6) is -1.44. The van der Waals surface area contributed by atoms with Crippen molar-refractivity contribution in [1.82, 2.24) is 4.31 Å². The van der Waals surface area contributed by atoms with Crippen LogP contribution in [0.4, 0.5) is 5.69 Å². The quantitative estimate of drug-likeness (QED) is 0.729. The Bertz CT molecular complexity index is 1010. The third kappa shape index (κ3) is 4.56. The molecule has 2 aromatic rings. The number of ether oxygens (including phenoxy) is 2. The van der Waals surface area contributed by atoms with E-state index in [0.29, 0.717) is 18.9 Å². The van der Waals surface area contributed by atoms with Crippen LogP contribution in [-0.4, -0.2) is 63.1 Å². The number of carboxylic acids is 1. The van der Waals surface area contributed by atoms with Gasteiger partial charge in [0.05, 0.1) is 36.3 Å². The van der Waals surface area contributed by atoms with E-state index < -0.39 is 21.9 Å². The Kier molecular flexibility index (Phi) is 6.16. The molecule has 2 aromatic carbocycles. The van der Waals surface area contributed by atoms with Crippen LogP contribution in [0, 0.1) is 0 Å². The monoisotopic (exact) mass is 420 g/mol. The maximum atomic E-state index is 12.9. The summed E-state index contributed by atoms with van der Waals surface area (Å²) < 4.78 is 37.4. The number of benzene rings is 2. The van der Waals surface area contributed by atoms with E-state index in [2.05, 4.69) is 5.32 Å². The lowest BCUT2D eigenvalue weighted by Crippen LogP contribution is -2.40. The smallest absolute Gasteiger partial charge is 0.335 e. The number of anilines is 1. The second-order valence-electron chi connectivity index (χ2n) is 6.22. The molecule has 1 heterocycles. The van der Waals surface area contributed by atoms with Crippen molar-refractivity contribution in [3.05, 3.63) is 53.6 Å². The van der Waals surface area contributed by atoms with E-state index in [0.717, 1.165) is 0 Å². The number of hydrogen-bond acceptors (Lipinski definition) is 6. The summed E-state index contributed by atoms with van der Waals surface area (Å²) >= 11 is 0. The molecule has 0 bridgehead atoms. The number of carboxylic acid groups (broad SMARTS) is 1. The normalized spacial score (nSPS) is 14.9. The highest BCUT2D eigenvalue weighted by Gasteiger charge is 2.28. The predicted molar refractivity (Wildman–Crippen MR) is 104 cm³/mol. The molecule has 0 spiro atoms. The number of methoxy groups -OCH3 is 1. The molecule has 1 amide bonds. The summed E-state index contributed by atoms with van der Waals surface area (Å²) in [5, 5.41) is 11.6. The fraction of sp³-hybridized carbons (Fsp3) is 0.263. The van der Waals surface area contributed by atoms with Crippen molar-refractivity contribution in [3.63, 3.8) is 0 Å². The van der Waals surface area contributed by atoms with Gasteiger partial charge in [-0.3, -0.25) is 4.79 Å². The van der Waals surface area contributed by atoms with Gasteiger partial charge in [0.2, 0.25) is 10.0 Å². The topological polar surface area (TPSA) is 122 Å². The van der Waals surface area contributed by atoms with E-state index in [1.54, 1.807) is 0 Å². The minimum absolute atomic E-state index is 0.0217. The number of amides is 1. The number of rotatable bonds is 6. The first-order chi connectivity index (χ1) is 13.8. The van der Waals surface area contributed by atoms with Crippen LogP contribution in [0.2, 0.25) is 0 Å². The van der Waals surface area contributed by atoms with Gasteiger partial charge in [-0.05, 0) is 42.5 Å². The molecule has 0 aromatic heterocycles. The van der Waals surface area contributed by atoms with Crippen LogP contribution < -0.4 is 10.1 Å². The largest absolute Gasteiger partial charge is 0.496 e. The van der Waals surface area contributed by atoms with Gasteiger partial charge in [-0.25, -0.2) is 13.2 Å². The van der Waals surface area contributed by atoms with Gasteiger partial charge in [0, 0.05) is 18.8 Å². The molecule has 2 N–H and O–H groups in total. The van der Waals surface area contributed by atoms with Crippen molar-refractivity contribution < 1.29 is 32.6 Å². The molecule has 1 aliphatic heterocycles. The molecule has 154 valence electrons. The average molecular weight is 420 g/mol. The Labute approximate surface area is 167 Å². The number of nitrogens with zero attached hydrogens (tertiary/aromatic N) is 1. The zero-order valence-electron chi connectivity index (χ0n) is 15.6. The fourth-order valence-corrected chi connectivity index (χ4v) is 4.29. The number of carbonyl (C=O) groups is 2. The molecule has 3 rings (SSSR count). The minimum atomic E-state index is -3.78. The van der Waals surface area contributed by atoms with E-state index in [1.165, 1.54) is 53.9 Å². The third-order valence-electron chi connectivity index (χ3n) is 4.41. The molecule has 1 saturated heterocycles. The minimum Gasteiger partial charge on any atom is -0.496 e. The number of nitrogens with one attached hydrogen (secondary N) is 1. The Morgan fingerprint density at radius 3 is 2.34 bits per heavy atom. The average Bonchev–Trinajstić information content (AvgIpc) is 2.74. The van der Waals surface area contributed by atoms with E-state index in [1.807, 2.05) is 0 Å². The van der Waals surface area contributed by atoms with Crippen LogP contribution in [0.5, 0.6) is 5.75 Å². The Balaban J connectivity index is 1.88. The second-order valence-corrected chi connectivity index (χ2v) is 8.15. The van der Waals surface area contributed by atoms with E-state index in [-0.39, 0.29) is 34.9 Å². The van der Waals surface area contributed by atoms with Crippen LogP contribution in [0.15, 0.2) is 47.4 Å². The summed E-state index contributed by atoms with van der Waals surface area (Å²) in [7, 11) is -2.40. The highest BCUT2D eigenvalue weighted by Crippen LogP contribution is 2.26. The van der Waals surface area contributed by atoms with Crippen LogP contribution >= 0.6 is 0 Å². The second kappa shape index (κ2) is 8.60. The molecule has 0 saturated carbocycles. The summed E-state index contributed by atoms with van der Waals surface area (Å²) in [5.41, 5.74) is 0.492. The van der Waals surface area contributed by atoms with Gasteiger partial charge in [0.25, 0.3) is 5.91 Å². The summed E-state index contributed by atoms with van der Waals surface area (Å²) in [6, 6.07) is 9.69. The Morgan fingerprint density at radius 1 is 1.10 bits per heavy atom. The summed E-state index contributed by atoms with van der Waals surface area (Å²) in [4.78, 5) is 23.6. The van der Waals surface area contributed by atoms with Crippen molar-refractivity contribution >= 4 is 27.6 Å². The van der Waals surface area contributed by atoms with E-state index in [4.69, 9.17) is 14.6 Å². The van der Waals surface area contributed by atoms with Gasteiger partial charge in [0.1, 0.15) is 5.75 Å². The molecule has 0 unspecified atom stereocenters. The molecule has 1 aliphatic rings. The first-order valence-corrected chi connectivity index (χ1v) is 10.2. The Morgan fingerprint density at radius 2 is 1.76 bits per heavy atom. The van der Waals surface area contributed by atoms with Crippen molar-refractivity contribution in [2.75, 3.05) is 38.7 Å². The van der Waals surface area contributed by atoms with E-state index >= 15 is 0 Å². The lowest BCUT2D eigenvalue weighted by molar-refractivity contribution is 0.0696. The van der Waals surface area contributed by atoms with Gasteiger partial charge in [0.15, 0.2) is 0 Å². The number of hydrogen-bond donors (Lipinski definition) is 2. The van der Waals surface area contributed by atoms with Crippen LogP contribution in [-0.2, 0) is 14.8 Å². The van der Waals surface area contributed by atoms with Crippen molar-refractivity contribution in [2.24, 2.45) is 0 Å². The highest BCUT2D eigenvalue weighted by atomic mass is 32.2. The molecular formula is C19H20N2O7S. The van der Waals surface area contributed by atoms with E-state index in [9.17, 15) is 18.0 Å². The van der Waals surface area contributed by atoms with Crippen LogP contribution in [0.1, 0.15) is 20.7 Å². The number of morpholine rings is 1. The zero-order chi connectivity index (χ0) is 21.0. The maximum Gasteiger partial charge on any atom is 0.335 e. The maximum absolute atomic E-state index is 12.9. The van der Waals surface area contributed by atoms with Crippen molar-refractivity contribution in [2.45, 2.75) is 4.90 Å². The van der Waals surface area contributed by atoms with Gasteiger partial charge in [-0.1, -0.05) is 0 Å². The van der Waals surface area contributed by atoms with Crippen LogP contribution in [0.3, 0.4) is 0 Å². The van der Waals surface area contributed by atoms with Gasteiger partial charge in [-0.2, -0.15) is 4.31 Å². The molecular weight excluding hydrogens is 400 g/mol. The molecule has 10 heteroatoms. The SMILES string of the molecule is COc1ccc(S(=O)(=O)N2CCOCC2)cc1C(=O)Nc1ccc(C(=O)O)cc1. The third-order valence-corrected chi connectivity index (χ3v) is 6.31. The first kappa shape index (κ1) is 20.8. The highest BCUT2D eigenvalue weighted by molar-refractivity contribution is 7.89. The lowest BCUT2D eigenvalue weighted by atomic mass is 10.1. The van der Waals surface area contributed by atoms with Gasteiger partial charge >= 0.3 is 5.97 Å². The summed E-state index contributed by atoms with van der Waals surface area (Å²) in [6.07, 6.45) is 0. The molecule has 0 atom stereocenters. The number of carbonyl (C=O) groups excluding carboxylic acids is 1. The standard InChI is InChI=1S/C19H20N2O7S/c1-27-17-7-6-15(29(25,26)21-8-10-28-11-9-21)12-16(17)18(22)20-14-4-2-13(3-5-14)19(23)24/h2-7,12H,8-11H2,1H3,(H,20,22)(H,23,24). The van der Waals surface area contributed by atoms with Crippen molar-refractivity contribution in [1.29, 1.82) is 0 Å². The first-order valence-electron chi connectivity index (χ1n) is 8.73. The van der Waals surface area contributed by atoms with Crippen molar-refractivity contribution in [3.8, 4) is 5.75 Å². The molecule has 0 aliphatic carbocycles. The zero-order valence-corrected chi connectivity index (χ0v) is 16.4. The molecule has 0 radical (unpaired) electrons. The predicted octanol–water partition coefficient (Wildman–Crippen LogP) is 1.67. The van der Waals surface area contributed by atoms with Crippen LogP contribution in [0.25, 0.3) is 0 Å². The lowest BCUT2D eigenvalue weighted by Gasteiger charge is -2.26. The number of aromatic carboxylic acids is 1. The summed E-state index contributed by atoms with van der Waals surface area (Å²) in [6.45, 7) is 1.11. The molecule has 1 fully saturated rings. The fourth-order valence-electron chi connectivity index (χ4n) is 2.86. The molecule has 29 heavy (non-hydrogen) atoms.